The maximum absolute atomic E-state index is 12.6. The van der Waals surface area contributed by atoms with E-state index in [2.05, 4.69) is 75.2 Å². The number of anilines is 2. The zero-order valence-corrected chi connectivity index (χ0v) is 22.7. The van der Waals surface area contributed by atoms with E-state index in [0.717, 1.165) is 47.4 Å². The van der Waals surface area contributed by atoms with Crippen LogP contribution in [0.2, 0.25) is 0 Å². The molecular formula is C30H37N5O2. The van der Waals surface area contributed by atoms with Crippen molar-refractivity contribution < 1.29 is 9.53 Å². The Kier molecular flexibility index (Phi) is 8.11. The van der Waals surface area contributed by atoms with Crippen LogP contribution in [0.3, 0.4) is 0 Å². The van der Waals surface area contributed by atoms with Gasteiger partial charge in [-0.25, -0.2) is 0 Å². The lowest BCUT2D eigenvalue weighted by Gasteiger charge is -2.22. The average Bonchev–Trinajstić information content (AvgIpc) is 3.30. The van der Waals surface area contributed by atoms with E-state index in [-0.39, 0.29) is 12.5 Å². The lowest BCUT2D eigenvalue weighted by atomic mass is 9.99. The highest BCUT2D eigenvalue weighted by Crippen LogP contribution is 2.25. The van der Waals surface area contributed by atoms with Gasteiger partial charge >= 0.3 is 0 Å². The highest BCUT2D eigenvalue weighted by molar-refractivity contribution is 5.95. The van der Waals surface area contributed by atoms with Gasteiger partial charge in [-0.3, -0.25) is 4.79 Å². The minimum absolute atomic E-state index is 0.0646. The largest absolute Gasteiger partial charge is 0.484 e. The summed E-state index contributed by atoms with van der Waals surface area (Å²) in [7, 11) is 0. The van der Waals surface area contributed by atoms with Crippen LogP contribution in [0, 0.1) is 13.8 Å². The van der Waals surface area contributed by atoms with Gasteiger partial charge in [0.15, 0.2) is 6.61 Å². The summed E-state index contributed by atoms with van der Waals surface area (Å²) in [6.45, 7) is 14.6. The van der Waals surface area contributed by atoms with Gasteiger partial charge < -0.3 is 15.0 Å². The van der Waals surface area contributed by atoms with Crippen molar-refractivity contribution in [3.8, 4) is 11.4 Å². The van der Waals surface area contributed by atoms with Crippen LogP contribution in [0.4, 0.5) is 11.4 Å². The van der Waals surface area contributed by atoms with E-state index in [1.165, 1.54) is 11.3 Å². The summed E-state index contributed by atoms with van der Waals surface area (Å²) in [5.41, 5.74) is 7.61. The van der Waals surface area contributed by atoms with Gasteiger partial charge in [-0.15, -0.1) is 10.2 Å². The van der Waals surface area contributed by atoms with Crippen LogP contribution < -0.4 is 15.0 Å². The summed E-state index contributed by atoms with van der Waals surface area (Å²) in [4.78, 5) is 16.6. The molecule has 0 aliphatic heterocycles. The van der Waals surface area contributed by atoms with Crippen LogP contribution in [-0.4, -0.2) is 40.6 Å². The molecule has 1 atom stereocenters. The Hall–Kier alpha value is -3.87. The first-order valence-corrected chi connectivity index (χ1v) is 13.1. The van der Waals surface area contributed by atoms with Gasteiger partial charge in [0.1, 0.15) is 16.8 Å². The zero-order valence-electron chi connectivity index (χ0n) is 22.7. The molecule has 4 aromatic rings. The van der Waals surface area contributed by atoms with Crippen molar-refractivity contribution in [2.24, 2.45) is 0 Å². The van der Waals surface area contributed by atoms with Gasteiger partial charge in [0.2, 0.25) is 0 Å². The van der Waals surface area contributed by atoms with Gasteiger partial charge in [0.05, 0.1) is 5.69 Å². The summed E-state index contributed by atoms with van der Waals surface area (Å²) in [5.74, 6) is 0.965. The van der Waals surface area contributed by atoms with E-state index in [1.54, 1.807) is 4.80 Å². The first kappa shape index (κ1) is 26.2. The van der Waals surface area contributed by atoms with Crippen molar-refractivity contribution in [3.63, 3.8) is 0 Å². The molecule has 3 aromatic carbocycles. The number of nitrogens with zero attached hydrogens (tertiary/aromatic N) is 4. The second kappa shape index (κ2) is 11.5. The van der Waals surface area contributed by atoms with Crippen LogP contribution in [0.25, 0.3) is 16.7 Å². The number of carbonyl (C=O) groups is 1. The molecule has 194 valence electrons. The highest BCUT2D eigenvalue weighted by atomic mass is 16.5. The third kappa shape index (κ3) is 5.93. The Morgan fingerprint density at radius 3 is 2.24 bits per heavy atom. The Morgan fingerprint density at radius 1 is 0.946 bits per heavy atom. The summed E-state index contributed by atoms with van der Waals surface area (Å²) in [5, 5.41) is 12.4. The monoisotopic (exact) mass is 499 g/mol. The zero-order chi connectivity index (χ0) is 26.5. The molecule has 0 aliphatic rings. The lowest BCUT2D eigenvalue weighted by molar-refractivity contribution is -0.118. The number of hydrogen-bond donors (Lipinski definition) is 1. The van der Waals surface area contributed by atoms with Crippen molar-refractivity contribution in [1.29, 1.82) is 0 Å². The third-order valence-electron chi connectivity index (χ3n) is 6.96. The highest BCUT2D eigenvalue weighted by Gasteiger charge is 2.13. The number of carbonyl (C=O) groups excluding carboxylic acids is 1. The SMILES string of the molecule is CC[C@@H](C)c1ccc(OCC(=O)Nc2cc3nn(-c4ccc(N(CC)CC)cc4C)nc3cc2C)cc1. The molecule has 1 N–H and O–H groups in total. The molecule has 0 saturated heterocycles. The van der Waals surface area contributed by atoms with E-state index in [0.29, 0.717) is 17.4 Å². The molecule has 0 fully saturated rings. The van der Waals surface area contributed by atoms with E-state index in [1.807, 2.05) is 31.2 Å². The molecule has 7 heteroatoms. The minimum Gasteiger partial charge on any atom is -0.484 e. The molecule has 1 aromatic heterocycles. The number of aromatic nitrogens is 3. The molecule has 37 heavy (non-hydrogen) atoms. The van der Waals surface area contributed by atoms with E-state index in [4.69, 9.17) is 14.9 Å². The van der Waals surface area contributed by atoms with Crippen LogP contribution in [0.1, 0.15) is 56.7 Å². The summed E-state index contributed by atoms with van der Waals surface area (Å²) in [6, 6.07) is 18.1. The summed E-state index contributed by atoms with van der Waals surface area (Å²) < 4.78 is 5.71. The average molecular weight is 500 g/mol. The molecule has 0 bridgehead atoms. The van der Waals surface area contributed by atoms with Crippen molar-refractivity contribution in [2.75, 3.05) is 29.9 Å². The quantitative estimate of drug-likeness (QED) is 0.273. The maximum atomic E-state index is 12.6. The first-order valence-electron chi connectivity index (χ1n) is 13.1. The number of rotatable bonds is 10. The molecule has 0 aliphatic carbocycles. The summed E-state index contributed by atoms with van der Waals surface area (Å²) in [6.07, 6.45) is 1.09. The van der Waals surface area contributed by atoms with Crippen LogP contribution in [0.15, 0.2) is 54.6 Å². The van der Waals surface area contributed by atoms with Gasteiger partial charge in [-0.2, -0.15) is 4.80 Å². The van der Waals surface area contributed by atoms with E-state index >= 15 is 0 Å². The first-order chi connectivity index (χ1) is 17.8. The Morgan fingerprint density at radius 2 is 1.62 bits per heavy atom. The molecule has 1 amide bonds. The standard InChI is InChI=1S/C30H37N5O2/c1-7-20(4)23-10-13-25(14-11-23)37-19-30(36)31-26-18-28-27(17-21(26)5)32-35(33-28)29-15-12-24(16-22(29)6)34(8-2)9-3/h10-18,20H,7-9,19H2,1-6H3,(H,31,36)/t20-/m1/s1. The molecule has 0 radical (unpaired) electrons. The third-order valence-corrected chi connectivity index (χ3v) is 6.96. The molecule has 0 saturated carbocycles. The van der Waals surface area contributed by atoms with Crippen LogP contribution >= 0.6 is 0 Å². The number of ether oxygens (including phenoxy) is 1. The lowest BCUT2D eigenvalue weighted by Crippen LogP contribution is -2.21. The van der Waals surface area contributed by atoms with Crippen LogP contribution in [-0.2, 0) is 4.79 Å². The Balaban J connectivity index is 1.46. The fourth-order valence-electron chi connectivity index (χ4n) is 4.42. The molecule has 0 spiro atoms. The number of benzene rings is 3. The normalized spacial score (nSPS) is 11.9. The molecular weight excluding hydrogens is 462 g/mol. The van der Waals surface area contributed by atoms with Crippen molar-refractivity contribution >= 4 is 28.3 Å². The number of hydrogen-bond acceptors (Lipinski definition) is 5. The van der Waals surface area contributed by atoms with Gasteiger partial charge in [-0.05, 0) is 99.2 Å². The van der Waals surface area contributed by atoms with Gasteiger partial charge in [-0.1, -0.05) is 26.0 Å². The molecule has 1 heterocycles. The van der Waals surface area contributed by atoms with Crippen molar-refractivity contribution in [3.05, 3.63) is 71.3 Å². The predicted molar refractivity (Wildman–Crippen MR) is 151 cm³/mol. The topological polar surface area (TPSA) is 72.3 Å². The fraction of sp³-hybridized carbons (Fsp3) is 0.367. The number of amides is 1. The van der Waals surface area contributed by atoms with Crippen molar-refractivity contribution in [2.45, 2.75) is 53.9 Å². The summed E-state index contributed by atoms with van der Waals surface area (Å²) >= 11 is 0. The van der Waals surface area contributed by atoms with E-state index in [9.17, 15) is 4.79 Å². The Labute approximate surface area is 219 Å². The number of nitrogens with one attached hydrogen (secondary N) is 1. The van der Waals surface area contributed by atoms with Crippen molar-refractivity contribution in [1.82, 2.24) is 15.0 Å². The fourth-order valence-corrected chi connectivity index (χ4v) is 4.42. The number of aryl methyl sites for hydroxylation is 2. The molecule has 7 nitrogen and oxygen atoms in total. The molecule has 4 rings (SSSR count). The maximum Gasteiger partial charge on any atom is 0.262 e. The Bertz CT molecular complexity index is 1370. The van der Waals surface area contributed by atoms with Crippen LogP contribution in [0.5, 0.6) is 5.75 Å². The predicted octanol–water partition coefficient (Wildman–Crippen LogP) is 6.41. The smallest absolute Gasteiger partial charge is 0.262 e. The number of fused-ring (bicyclic) bond motifs is 1. The second-order valence-corrected chi connectivity index (χ2v) is 9.50. The van der Waals surface area contributed by atoms with Gasteiger partial charge in [0.25, 0.3) is 5.91 Å². The van der Waals surface area contributed by atoms with E-state index < -0.39 is 0 Å². The van der Waals surface area contributed by atoms with Gasteiger partial charge in [0, 0.05) is 24.5 Å². The molecule has 0 unspecified atom stereocenters. The second-order valence-electron chi connectivity index (χ2n) is 9.50. The minimum atomic E-state index is -0.219.